The van der Waals surface area contributed by atoms with Crippen LogP contribution in [0, 0.1) is 0 Å². The lowest BCUT2D eigenvalue weighted by Gasteiger charge is -2.22. The van der Waals surface area contributed by atoms with Crippen LogP contribution in [-0.2, 0) is 27.0 Å². The number of unbranched alkanes of at least 4 members (excludes halogenated alkanes) is 2. The van der Waals surface area contributed by atoms with E-state index in [-0.39, 0.29) is 6.29 Å². The van der Waals surface area contributed by atoms with Gasteiger partial charge in [0.1, 0.15) is 6.61 Å². The highest BCUT2D eigenvalue weighted by molar-refractivity contribution is 5.00. The minimum atomic E-state index is -0.798. The van der Waals surface area contributed by atoms with Crippen molar-refractivity contribution in [2.75, 3.05) is 13.2 Å². The molecule has 0 aromatic carbocycles. The number of aromatic nitrogens is 2. The number of nitrogens with zero attached hydrogens (tertiary/aromatic N) is 2. The topological polar surface area (TPSA) is 45.5 Å². The molecule has 2 unspecified atom stereocenters. The highest BCUT2D eigenvalue weighted by Gasteiger charge is 2.42. The van der Waals surface area contributed by atoms with Crippen LogP contribution in [0.15, 0.2) is 12.4 Å². The number of hydrogen-bond donors (Lipinski definition) is 0. The third-order valence-corrected chi connectivity index (χ3v) is 3.13. The van der Waals surface area contributed by atoms with E-state index in [0.29, 0.717) is 6.61 Å². The molecule has 2 atom stereocenters. The van der Waals surface area contributed by atoms with Crippen molar-refractivity contribution in [2.24, 2.45) is 7.05 Å². The van der Waals surface area contributed by atoms with Gasteiger partial charge in [0.15, 0.2) is 12.1 Å². The molecule has 1 fully saturated rings. The zero-order chi connectivity index (χ0) is 13.0. The molecule has 1 saturated heterocycles. The van der Waals surface area contributed by atoms with Gasteiger partial charge in [0, 0.05) is 26.0 Å². The Morgan fingerprint density at radius 3 is 3.06 bits per heavy atom. The van der Waals surface area contributed by atoms with Crippen molar-refractivity contribution < 1.29 is 14.2 Å². The van der Waals surface area contributed by atoms with Gasteiger partial charge in [-0.25, -0.2) is 4.98 Å². The molecule has 0 aliphatic carbocycles. The second-order valence-electron chi connectivity index (χ2n) is 4.74. The van der Waals surface area contributed by atoms with Crippen LogP contribution in [0.1, 0.15) is 38.9 Å². The lowest BCUT2D eigenvalue weighted by molar-refractivity contribution is -0.213. The monoisotopic (exact) mass is 254 g/mol. The van der Waals surface area contributed by atoms with Gasteiger partial charge < -0.3 is 18.8 Å². The number of rotatable bonds is 6. The summed E-state index contributed by atoms with van der Waals surface area (Å²) in [4.78, 5) is 4.27. The number of imidazole rings is 1. The average molecular weight is 254 g/mol. The van der Waals surface area contributed by atoms with E-state index in [1.807, 2.05) is 24.7 Å². The van der Waals surface area contributed by atoms with Gasteiger partial charge in [0.05, 0.1) is 0 Å². The van der Waals surface area contributed by atoms with E-state index >= 15 is 0 Å². The van der Waals surface area contributed by atoms with Crippen LogP contribution in [0.5, 0.6) is 0 Å². The molecule has 0 spiro atoms. The summed E-state index contributed by atoms with van der Waals surface area (Å²) in [7, 11) is 1.93. The molecule has 1 aromatic heterocycles. The summed E-state index contributed by atoms with van der Waals surface area (Å²) in [5.41, 5.74) is 0. The van der Waals surface area contributed by atoms with Gasteiger partial charge >= 0.3 is 0 Å². The second-order valence-corrected chi connectivity index (χ2v) is 4.74. The molecule has 0 radical (unpaired) electrons. The maximum Gasteiger partial charge on any atom is 0.228 e. The van der Waals surface area contributed by atoms with Gasteiger partial charge in [-0.2, -0.15) is 0 Å². The molecule has 1 aromatic rings. The Hall–Kier alpha value is -0.910. The molecule has 0 N–H and O–H groups in total. The molecule has 0 bridgehead atoms. The van der Waals surface area contributed by atoms with Crippen molar-refractivity contribution in [1.29, 1.82) is 0 Å². The van der Waals surface area contributed by atoms with Crippen LogP contribution in [0.2, 0.25) is 0 Å². The van der Waals surface area contributed by atoms with Crippen LogP contribution in [0.4, 0.5) is 0 Å². The first kappa shape index (κ1) is 13.5. The van der Waals surface area contributed by atoms with Gasteiger partial charge in [0.2, 0.25) is 5.79 Å². The Morgan fingerprint density at radius 1 is 1.56 bits per heavy atom. The molecule has 0 amide bonds. The highest BCUT2D eigenvalue weighted by atomic mass is 16.8. The fourth-order valence-corrected chi connectivity index (χ4v) is 2.12. The smallest absolute Gasteiger partial charge is 0.228 e. The maximum absolute atomic E-state index is 5.83. The Labute approximate surface area is 108 Å². The lowest BCUT2D eigenvalue weighted by Crippen LogP contribution is -2.28. The van der Waals surface area contributed by atoms with Gasteiger partial charge in [0.25, 0.3) is 0 Å². The van der Waals surface area contributed by atoms with E-state index in [4.69, 9.17) is 14.2 Å². The van der Waals surface area contributed by atoms with Crippen molar-refractivity contribution in [2.45, 2.75) is 45.2 Å². The van der Waals surface area contributed by atoms with E-state index in [1.54, 1.807) is 6.20 Å². The van der Waals surface area contributed by atoms with Crippen LogP contribution < -0.4 is 0 Å². The Morgan fingerprint density at radius 2 is 2.39 bits per heavy atom. The summed E-state index contributed by atoms with van der Waals surface area (Å²) < 4.78 is 19.1. The standard InChI is InChI=1S/C13H22N2O3/c1-4-5-6-9-16-11-10-17-13(2,18-11)12-14-7-8-15(12)3/h7-8,11H,4-6,9-10H2,1-3H3. The van der Waals surface area contributed by atoms with Crippen molar-refractivity contribution in [1.82, 2.24) is 9.55 Å². The first-order valence-electron chi connectivity index (χ1n) is 6.57. The van der Waals surface area contributed by atoms with E-state index in [0.717, 1.165) is 18.9 Å². The summed E-state index contributed by atoms with van der Waals surface area (Å²) in [6, 6.07) is 0. The maximum atomic E-state index is 5.83. The molecule has 18 heavy (non-hydrogen) atoms. The molecule has 5 nitrogen and oxygen atoms in total. The fraction of sp³-hybridized carbons (Fsp3) is 0.769. The normalized spacial score (nSPS) is 27.8. The van der Waals surface area contributed by atoms with Gasteiger partial charge in [-0.1, -0.05) is 19.8 Å². The summed E-state index contributed by atoms with van der Waals surface area (Å²) in [5, 5.41) is 0. The quantitative estimate of drug-likeness (QED) is 0.730. The highest BCUT2D eigenvalue weighted by Crippen LogP contribution is 2.32. The molecule has 102 valence electrons. The first-order valence-corrected chi connectivity index (χ1v) is 6.57. The van der Waals surface area contributed by atoms with Crippen LogP contribution in [0.3, 0.4) is 0 Å². The minimum absolute atomic E-state index is 0.288. The third-order valence-electron chi connectivity index (χ3n) is 3.13. The van der Waals surface area contributed by atoms with E-state index in [9.17, 15) is 0 Å². The molecule has 5 heteroatoms. The molecule has 2 rings (SSSR count). The van der Waals surface area contributed by atoms with Gasteiger partial charge in [-0.05, 0) is 13.3 Å². The summed E-state index contributed by atoms with van der Waals surface area (Å²) in [6.07, 6.45) is 6.77. The predicted molar refractivity (Wildman–Crippen MR) is 66.9 cm³/mol. The molecule has 1 aliphatic rings. The summed E-state index contributed by atoms with van der Waals surface area (Å²) in [5.74, 6) is -0.0321. The van der Waals surface area contributed by atoms with E-state index in [1.165, 1.54) is 12.8 Å². The summed E-state index contributed by atoms with van der Waals surface area (Å²) in [6.45, 7) is 5.23. The van der Waals surface area contributed by atoms with Crippen molar-refractivity contribution in [3.63, 3.8) is 0 Å². The minimum Gasteiger partial charge on any atom is -0.350 e. The predicted octanol–water partition coefficient (Wildman–Crippen LogP) is 2.17. The Balaban J connectivity index is 1.86. The number of hydrogen-bond acceptors (Lipinski definition) is 4. The third kappa shape index (κ3) is 2.91. The van der Waals surface area contributed by atoms with E-state index in [2.05, 4.69) is 11.9 Å². The van der Waals surface area contributed by atoms with Crippen molar-refractivity contribution in [3.8, 4) is 0 Å². The molecule has 2 heterocycles. The van der Waals surface area contributed by atoms with Gasteiger partial charge in [-0.15, -0.1) is 0 Å². The summed E-state index contributed by atoms with van der Waals surface area (Å²) >= 11 is 0. The van der Waals surface area contributed by atoms with Crippen LogP contribution >= 0.6 is 0 Å². The van der Waals surface area contributed by atoms with Gasteiger partial charge in [-0.3, -0.25) is 0 Å². The van der Waals surface area contributed by atoms with Crippen molar-refractivity contribution >= 4 is 0 Å². The molecule has 1 aliphatic heterocycles. The van der Waals surface area contributed by atoms with Crippen LogP contribution in [0.25, 0.3) is 0 Å². The van der Waals surface area contributed by atoms with Crippen molar-refractivity contribution in [3.05, 3.63) is 18.2 Å². The first-order chi connectivity index (χ1) is 8.65. The molecular formula is C13H22N2O3. The zero-order valence-corrected chi connectivity index (χ0v) is 11.4. The average Bonchev–Trinajstić information content (AvgIpc) is 2.92. The largest absolute Gasteiger partial charge is 0.350 e. The van der Waals surface area contributed by atoms with Crippen LogP contribution in [-0.4, -0.2) is 29.1 Å². The second kappa shape index (κ2) is 5.82. The SMILES string of the molecule is CCCCCOC1COC(C)(c2nccn2C)O1. The number of aryl methyl sites for hydroxylation is 1. The zero-order valence-electron chi connectivity index (χ0n) is 11.4. The fourth-order valence-electron chi connectivity index (χ4n) is 2.12. The molecule has 0 saturated carbocycles. The molecular weight excluding hydrogens is 232 g/mol. The Bertz CT molecular complexity index is 380. The Kier molecular flexibility index (Phi) is 4.37. The van der Waals surface area contributed by atoms with E-state index < -0.39 is 5.79 Å². The number of ether oxygens (including phenoxy) is 3. The lowest BCUT2D eigenvalue weighted by atomic mass is 10.3.